The summed E-state index contributed by atoms with van der Waals surface area (Å²) in [6.07, 6.45) is 15.7. The van der Waals surface area contributed by atoms with E-state index in [0.717, 1.165) is 37.9 Å². The van der Waals surface area contributed by atoms with Crippen LogP contribution >= 0.6 is 0 Å². The topological polar surface area (TPSA) is 59.3 Å². The van der Waals surface area contributed by atoms with Crippen LogP contribution in [0, 0.1) is 50.2 Å². The molecule has 6 rings (SSSR count). The molecule has 2 unspecified atom stereocenters. The molecule has 12 atom stereocenters. The minimum Gasteiger partial charge on any atom is -0.354 e. The fraction of sp³-hybridized carbons (Fsp3) is 1.00. The first kappa shape index (κ1) is 29.9. The quantitative estimate of drug-likeness (QED) is 0.305. The lowest BCUT2D eigenvalue weighted by Crippen LogP contribution is -2.68. The molecule has 2 aliphatic heterocycles. The second-order valence-corrected chi connectivity index (χ2v) is 17.9. The van der Waals surface area contributed by atoms with E-state index in [4.69, 9.17) is 10.5 Å². The van der Waals surface area contributed by atoms with Gasteiger partial charge in [0.2, 0.25) is 0 Å². The third-order valence-electron chi connectivity index (χ3n) is 17.0. The van der Waals surface area contributed by atoms with Crippen LogP contribution in [0.5, 0.6) is 0 Å². The zero-order valence-corrected chi connectivity index (χ0v) is 27.9. The number of piperidine rings is 1. The summed E-state index contributed by atoms with van der Waals surface area (Å²) >= 11 is 0. The maximum absolute atomic E-state index is 7.49. The van der Waals surface area contributed by atoms with Gasteiger partial charge in [0.05, 0.1) is 5.60 Å². The van der Waals surface area contributed by atoms with Crippen LogP contribution in [-0.4, -0.2) is 37.0 Å². The molecule has 0 bridgehead atoms. The molecule has 0 aromatic heterocycles. The van der Waals surface area contributed by atoms with Gasteiger partial charge >= 0.3 is 0 Å². The van der Waals surface area contributed by atoms with Gasteiger partial charge in [0.15, 0.2) is 0 Å². The molecule has 230 valence electrons. The molecule has 4 nitrogen and oxygen atoms in total. The maximum Gasteiger partial charge on any atom is 0.123 e. The van der Waals surface area contributed by atoms with Gasteiger partial charge in [-0.2, -0.15) is 0 Å². The van der Waals surface area contributed by atoms with Crippen molar-refractivity contribution in [3.05, 3.63) is 0 Å². The first-order valence-electron chi connectivity index (χ1n) is 17.5. The highest BCUT2D eigenvalue weighted by molar-refractivity contribution is 5.31. The van der Waals surface area contributed by atoms with Crippen molar-refractivity contribution in [3.63, 3.8) is 0 Å². The molecule has 0 aromatic rings. The molecule has 2 saturated heterocycles. The minimum absolute atomic E-state index is 0.0679. The van der Waals surface area contributed by atoms with Gasteiger partial charge in [-0.25, -0.2) is 0 Å². The van der Waals surface area contributed by atoms with Crippen LogP contribution in [0.15, 0.2) is 0 Å². The standard InChI is InChI=1S/C36H65N3O/c1-25-12-17-36(39-23-25)26(2)35(9)33(7)19-18-30(4)28(31(33,5)24-34(35,8)40-36)14-15-29(3)22-27(13-16-32(29,30)6)38-21-11-10-20-37/h25-28,38-39H,10-24,37H2,1-9H3/t25-,26-,27?,28?,29+,30-,31-,32-,33-,34+,35-,36-/m0/s1. The average molecular weight is 556 g/mol. The zero-order chi connectivity index (χ0) is 29.0. The van der Waals surface area contributed by atoms with Gasteiger partial charge in [0.1, 0.15) is 5.72 Å². The van der Waals surface area contributed by atoms with Gasteiger partial charge < -0.3 is 15.8 Å². The lowest BCUT2D eigenvalue weighted by molar-refractivity contribution is -0.249. The number of nitrogens with one attached hydrogen (secondary N) is 2. The predicted octanol–water partition coefficient (Wildman–Crippen LogP) is 7.65. The molecule has 4 heteroatoms. The Kier molecular flexibility index (Phi) is 6.86. The molecular formula is C36H65N3O. The van der Waals surface area contributed by atoms with Crippen molar-refractivity contribution >= 4 is 0 Å². The van der Waals surface area contributed by atoms with Crippen molar-refractivity contribution in [2.75, 3.05) is 19.6 Å². The fourth-order valence-electron chi connectivity index (χ4n) is 13.7. The molecule has 0 aromatic carbocycles. The third-order valence-corrected chi connectivity index (χ3v) is 17.0. The molecule has 0 radical (unpaired) electrons. The summed E-state index contributed by atoms with van der Waals surface area (Å²) in [6.45, 7) is 26.9. The van der Waals surface area contributed by atoms with E-state index < -0.39 is 0 Å². The number of hydrogen-bond acceptors (Lipinski definition) is 4. The van der Waals surface area contributed by atoms with Crippen molar-refractivity contribution in [1.82, 2.24) is 10.6 Å². The van der Waals surface area contributed by atoms with Gasteiger partial charge in [-0.1, -0.05) is 55.4 Å². The minimum atomic E-state index is -0.131. The maximum atomic E-state index is 7.49. The highest BCUT2D eigenvalue weighted by Gasteiger charge is 2.83. The van der Waals surface area contributed by atoms with Gasteiger partial charge in [-0.05, 0) is 136 Å². The largest absolute Gasteiger partial charge is 0.354 e. The summed E-state index contributed by atoms with van der Waals surface area (Å²) in [5.74, 6) is 2.06. The Morgan fingerprint density at radius 3 is 2.25 bits per heavy atom. The van der Waals surface area contributed by atoms with Crippen LogP contribution in [0.3, 0.4) is 0 Å². The number of nitrogens with two attached hydrogens (primary N) is 1. The summed E-state index contributed by atoms with van der Waals surface area (Å²) < 4.78 is 7.49. The molecule has 6 fully saturated rings. The molecule has 2 heterocycles. The summed E-state index contributed by atoms with van der Waals surface area (Å²) in [5, 5.41) is 7.96. The number of rotatable bonds is 5. The molecule has 40 heavy (non-hydrogen) atoms. The van der Waals surface area contributed by atoms with Gasteiger partial charge in [0.25, 0.3) is 0 Å². The van der Waals surface area contributed by atoms with Crippen LogP contribution in [-0.2, 0) is 4.74 Å². The van der Waals surface area contributed by atoms with Crippen molar-refractivity contribution in [2.24, 2.45) is 56.0 Å². The number of ether oxygens (including phenoxy) is 1. The lowest BCUT2D eigenvalue weighted by atomic mass is 9.31. The lowest BCUT2D eigenvalue weighted by Gasteiger charge is -2.73. The van der Waals surface area contributed by atoms with Crippen LogP contribution in [0.25, 0.3) is 0 Å². The normalized spacial score (nSPS) is 59.2. The molecule has 4 saturated carbocycles. The second-order valence-electron chi connectivity index (χ2n) is 17.9. The second kappa shape index (κ2) is 9.18. The average Bonchev–Trinajstić information content (AvgIpc) is 3.15. The van der Waals surface area contributed by atoms with Crippen LogP contribution in [0.4, 0.5) is 0 Å². The van der Waals surface area contributed by atoms with E-state index in [1.807, 2.05) is 0 Å². The Morgan fingerprint density at radius 2 is 1.57 bits per heavy atom. The van der Waals surface area contributed by atoms with Gasteiger partial charge in [0, 0.05) is 23.9 Å². The number of unbranched alkanes of at least 4 members (excludes halogenated alkanes) is 1. The van der Waals surface area contributed by atoms with E-state index in [0.29, 0.717) is 39.0 Å². The third kappa shape index (κ3) is 3.40. The molecule has 1 spiro atoms. The van der Waals surface area contributed by atoms with Crippen LogP contribution in [0.1, 0.15) is 139 Å². The summed E-state index contributed by atoms with van der Waals surface area (Å²) in [5.41, 5.74) is 7.55. The Labute approximate surface area is 247 Å². The van der Waals surface area contributed by atoms with E-state index >= 15 is 0 Å². The van der Waals surface area contributed by atoms with Crippen LogP contribution < -0.4 is 16.4 Å². The Balaban J connectivity index is 1.30. The Bertz CT molecular complexity index is 993. The van der Waals surface area contributed by atoms with Crippen molar-refractivity contribution < 1.29 is 4.74 Å². The van der Waals surface area contributed by atoms with E-state index in [1.165, 1.54) is 70.6 Å². The molecule has 0 amide bonds. The Hall–Kier alpha value is -0.160. The Morgan fingerprint density at radius 1 is 0.825 bits per heavy atom. The first-order valence-corrected chi connectivity index (χ1v) is 17.5. The smallest absolute Gasteiger partial charge is 0.123 e. The fourth-order valence-corrected chi connectivity index (χ4v) is 13.7. The van der Waals surface area contributed by atoms with E-state index in [-0.39, 0.29) is 16.7 Å². The number of hydrogen-bond donors (Lipinski definition) is 3. The van der Waals surface area contributed by atoms with Crippen LogP contribution in [0.2, 0.25) is 0 Å². The molecule has 4 aliphatic carbocycles. The highest BCUT2D eigenvalue weighted by Crippen LogP contribution is 2.85. The van der Waals surface area contributed by atoms with Gasteiger partial charge in [-0.3, -0.25) is 5.32 Å². The van der Waals surface area contributed by atoms with Crippen molar-refractivity contribution in [3.8, 4) is 0 Å². The summed E-state index contributed by atoms with van der Waals surface area (Å²) in [4.78, 5) is 0. The highest BCUT2D eigenvalue weighted by atomic mass is 16.5. The molecule has 6 aliphatic rings. The number of fused-ring (bicyclic) bond motifs is 7. The van der Waals surface area contributed by atoms with Crippen molar-refractivity contribution in [2.45, 2.75) is 157 Å². The van der Waals surface area contributed by atoms with E-state index in [9.17, 15) is 0 Å². The van der Waals surface area contributed by atoms with Gasteiger partial charge in [-0.15, -0.1) is 0 Å². The first-order chi connectivity index (χ1) is 18.6. The zero-order valence-electron chi connectivity index (χ0n) is 27.9. The summed E-state index contributed by atoms with van der Waals surface area (Å²) in [7, 11) is 0. The van der Waals surface area contributed by atoms with E-state index in [1.54, 1.807) is 0 Å². The molecular weight excluding hydrogens is 490 g/mol. The molecule has 4 N–H and O–H groups in total. The summed E-state index contributed by atoms with van der Waals surface area (Å²) in [6, 6.07) is 0.681. The SMILES string of the molecule is C[C@H]1CC[C@]2(NC1)O[C@]1(C)C[C@@]3(C)C4CC[C@]5(C)CC(NCCCCN)CC[C@]5(C)[C@@]4(C)CC[C@]3(C)[C@]1(C)[C@@H]2C. The monoisotopic (exact) mass is 556 g/mol. The van der Waals surface area contributed by atoms with Crippen molar-refractivity contribution in [1.29, 1.82) is 0 Å². The van der Waals surface area contributed by atoms with E-state index in [2.05, 4.69) is 72.9 Å². The predicted molar refractivity (Wildman–Crippen MR) is 167 cm³/mol.